The summed E-state index contributed by atoms with van der Waals surface area (Å²) in [5.74, 6) is 0.214. The second-order valence-electron chi connectivity index (χ2n) is 7.79. The summed E-state index contributed by atoms with van der Waals surface area (Å²) in [4.78, 5) is 26.9. The predicted molar refractivity (Wildman–Crippen MR) is 126 cm³/mol. The van der Waals surface area contributed by atoms with E-state index in [1.807, 2.05) is 38.4 Å². The third-order valence-corrected chi connectivity index (χ3v) is 5.44. The Morgan fingerprint density at radius 2 is 1.88 bits per heavy atom. The van der Waals surface area contributed by atoms with Crippen molar-refractivity contribution in [3.63, 3.8) is 0 Å². The van der Waals surface area contributed by atoms with E-state index in [2.05, 4.69) is 15.3 Å². The van der Waals surface area contributed by atoms with Crippen LogP contribution in [0.5, 0.6) is 5.75 Å². The van der Waals surface area contributed by atoms with Crippen LogP contribution < -0.4 is 10.1 Å². The summed E-state index contributed by atoms with van der Waals surface area (Å²) >= 11 is 0. The molecule has 1 atom stereocenters. The molecular formula is C25H30N4O4. The lowest BCUT2D eigenvalue weighted by Gasteiger charge is -2.25. The fourth-order valence-electron chi connectivity index (χ4n) is 3.57. The van der Waals surface area contributed by atoms with Crippen molar-refractivity contribution in [1.29, 1.82) is 0 Å². The number of benzene rings is 2. The first-order valence-electron chi connectivity index (χ1n) is 10.8. The minimum atomic E-state index is -0.399. The molecule has 0 fully saturated rings. The molecule has 3 rings (SSSR count). The number of likely N-dealkylation sites (N-methyl/N-ethyl adjacent to an activating group) is 1. The summed E-state index contributed by atoms with van der Waals surface area (Å²) in [5, 5.41) is 7.30. The molecule has 33 heavy (non-hydrogen) atoms. The average Bonchev–Trinajstić information content (AvgIpc) is 3.20. The Morgan fingerprint density at radius 1 is 1.15 bits per heavy atom. The zero-order chi connectivity index (χ0) is 24.0. The van der Waals surface area contributed by atoms with Crippen molar-refractivity contribution in [2.24, 2.45) is 0 Å². The smallest absolute Gasteiger partial charge is 0.341 e. The number of carbonyl (C=O) groups is 2. The summed E-state index contributed by atoms with van der Waals surface area (Å²) in [6.45, 7) is 4.32. The molecule has 1 aromatic heterocycles. The molecule has 1 N–H and O–H groups in total. The molecule has 1 heterocycles. The molecule has 2 aromatic carbocycles. The molecule has 1 unspecified atom stereocenters. The van der Waals surface area contributed by atoms with Crippen LogP contribution in [0.4, 0.5) is 0 Å². The highest BCUT2D eigenvalue weighted by Crippen LogP contribution is 2.22. The molecule has 3 aromatic rings. The van der Waals surface area contributed by atoms with E-state index in [1.54, 1.807) is 49.9 Å². The number of methoxy groups -OCH3 is 1. The topological polar surface area (TPSA) is 85.7 Å². The Balaban J connectivity index is 1.69. The van der Waals surface area contributed by atoms with Crippen LogP contribution in [0, 0.1) is 6.92 Å². The van der Waals surface area contributed by atoms with Crippen LogP contribution in [0.3, 0.4) is 0 Å². The third kappa shape index (κ3) is 5.59. The van der Waals surface area contributed by atoms with Crippen molar-refractivity contribution in [2.45, 2.75) is 19.9 Å². The van der Waals surface area contributed by atoms with Crippen LogP contribution in [-0.2, 0) is 4.74 Å². The molecular weight excluding hydrogens is 420 g/mol. The van der Waals surface area contributed by atoms with Crippen molar-refractivity contribution >= 4 is 11.9 Å². The Kier molecular flexibility index (Phi) is 7.84. The maximum Gasteiger partial charge on any atom is 0.341 e. The number of hydrogen-bond acceptors (Lipinski definition) is 6. The lowest BCUT2D eigenvalue weighted by atomic mass is 10.1. The monoisotopic (exact) mass is 450 g/mol. The van der Waals surface area contributed by atoms with E-state index < -0.39 is 5.97 Å². The van der Waals surface area contributed by atoms with Gasteiger partial charge in [0.05, 0.1) is 37.3 Å². The van der Waals surface area contributed by atoms with Gasteiger partial charge in [0.2, 0.25) is 0 Å². The minimum Gasteiger partial charge on any atom is -0.497 e. The van der Waals surface area contributed by atoms with Gasteiger partial charge in [0.1, 0.15) is 11.3 Å². The Bertz CT molecular complexity index is 1110. The van der Waals surface area contributed by atoms with Crippen LogP contribution in [0.25, 0.3) is 5.69 Å². The van der Waals surface area contributed by atoms with Crippen LogP contribution in [-0.4, -0.2) is 60.9 Å². The molecule has 0 aliphatic rings. The van der Waals surface area contributed by atoms with Gasteiger partial charge in [-0.25, -0.2) is 9.48 Å². The first-order valence-corrected chi connectivity index (χ1v) is 10.8. The normalized spacial score (nSPS) is 11.8. The van der Waals surface area contributed by atoms with Gasteiger partial charge in [-0.05, 0) is 69.9 Å². The number of ether oxygens (including phenoxy) is 2. The molecule has 0 bridgehead atoms. The third-order valence-electron chi connectivity index (χ3n) is 5.44. The zero-order valence-electron chi connectivity index (χ0n) is 19.7. The highest BCUT2D eigenvalue weighted by atomic mass is 16.5. The van der Waals surface area contributed by atoms with Crippen molar-refractivity contribution in [3.8, 4) is 11.4 Å². The zero-order valence-corrected chi connectivity index (χ0v) is 19.7. The number of hydrogen-bond donors (Lipinski definition) is 1. The van der Waals surface area contributed by atoms with Crippen LogP contribution in [0.15, 0.2) is 54.7 Å². The molecule has 8 heteroatoms. The molecule has 174 valence electrons. The fraction of sp³-hybridized carbons (Fsp3) is 0.320. The Hall–Kier alpha value is -3.65. The minimum absolute atomic E-state index is 0.00338. The van der Waals surface area contributed by atoms with Gasteiger partial charge in [-0.1, -0.05) is 12.1 Å². The second kappa shape index (κ2) is 10.8. The number of amides is 1. The van der Waals surface area contributed by atoms with Crippen LogP contribution >= 0.6 is 0 Å². The van der Waals surface area contributed by atoms with Crippen LogP contribution in [0.1, 0.15) is 44.9 Å². The number of nitrogens with one attached hydrogen (secondary N) is 1. The number of aromatic nitrogens is 2. The molecule has 0 spiro atoms. The predicted octanol–water partition coefficient (Wildman–Crippen LogP) is 3.40. The average molecular weight is 451 g/mol. The van der Waals surface area contributed by atoms with E-state index in [9.17, 15) is 9.59 Å². The maximum atomic E-state index is 12.8. The first kappa shape index (κ1) is 24.0. The molecule has 0 aliphatic carbocycles. The van der Waals surface area contributed by atoms with Gasteiger partial charge in [0.25, 0.3) is 5.91 Å². The molecule has 1 amide bonds. The van der Waals surface area contributed by atoms with Gasteiger partial charge >= 0.3 is 5.97 Å². The molecule has 8 nitrogen and oxygen atoms in total. The van der Waals surface area contributed by atoms with E-state index in [0.717, 1.165) is 17.0 Å². The van der Waals surface area contributed by atoms with Gasteiger partial charge in [-0.2, -0.15) is 5.10 Å². The summed E-state index contributed by atoms with van der Waals surface area (Å²) < 4.78 is 12.0. The number of carbonyl (C=O) groups excluding carboxylic acids is 2. The number of nitrogens with zero attached hydrogens (tertiary/aromatic N) is 3. The lowest BCUT2D eigenvalue weighted by Crippen LogP contribution is -2.34. The standard InChI is InChI=1S/C25H30N4O4/c1-6-33-25(31)22-15-27-29(17(22)2)20-12-10-18(11-13-20)24(30)26-16-23(28(3)4)19-8-7-9-21(14-19)32-5/h7-15,23H,6,16H2,1-5H3,(H,26,30). The summed E-state index contributed by atoms with van der Waals surface area (Å²) in [6, 6.07) is 14.9. The fourth-order valence-corrected chi connectivity index (χ4v) is 3.57. The maximum absolute atomic E-state index is 12.8. The molecule has 0 saturated heterocycles. The Labute approximate surface area is 194 Å². The van der Waals surface area contributed by atoms with Crippen LogP contribution in [0.2, 0.25) is 0 Å². The van der Waals surface area contributed by atoms with E-state index in [0.29, 0.717) is 30.0 Å². The number of rotatable bonds is 9. The van der Waals surface area contributed by atoms with E-state index in [-0.39, 0.29) is 11.9 Å². The van der Waals surface area contributed by atoms with Crippen molar-refractivity contribution < 1.29 is 19.1 Å². The quantitative estimate of drug-likeness (QED) is 0.503. The van der Waals surface area contributed by atoms with Gasteiger partial charge in [0.15, 0.2) is 0 Å². The molecule has 0 aliphatic heterocycles. The van der Waals surface area contributed by atoms with E-state index >= 15 is 0 Å². The lowest BCUT2D eigenvalue weighted by molar-refractivity contribution is 0.0525. The highest BCUT2D eigenvalue weighted by molar-refractivity contribution is 5.94. The SMILES string of the molecule is CCOC(=O)c1cnn(-c2ccc(C(=O)NCC(c3cccc(OC)c3)N(C)C)cc2)c1C. The largest absolute Gasteiger partial charge is 0.497 e. The van der Waals surface area contributed by atoms with Gasteiger partial charge in [-0.3, -0.25) is 4.79 Å². The van der Waals surface area contributed by atoms with Crippen molar-refractivity contribution in [1.82, 2.24) is 20.0 Å². The van der Waals surface area contributed by atoms with Gasteiger partial charge in [0, 0.05) is 12.1 Å². The first-order chi connectivity index (χ1) is 15.8. The summed E-state index contributed by atoms with van der Waals surface area (Å²) in [7, 11) is 5.59. The number of esters is 1. The second-order valence-corrected chi connectivity index (χ2v) is 7.79. The summed E-state index contributed by atoms with van der Waals surface area (Å²) in [5.41, 5.74) is 3.45. The van der Waals surface area contributed by atoms with Gasteiger partial charge < -0.3 is 19.7 Å². The summed E-state index contributed by atoms with van der Waals surface area (Å²) in [6.07, 6.45) is 1.49. The molecule has 0 saturated carbocycles. The van der Waals surface area contributed by atoms with Crippen molar-refractivity contribution in [2.75, 3.05) is 34.4 Å². The Morgan fingerprint density at radius 3 is 2.52 bits per heavy atom. The van der Waals surface area contributed by atoms with E-state index in [1.165, 1.54) is 6.20 Å². The van der Waals surface area contributed by atoms with E-state index in [4.69, 9.17) is 9.47 Å². The molecule has 0 radical (unpaired) electrons. The van der Waals surface area contributed by atoms with Gasteiger partial charge in [-0.15, -0.1) is 0 Å². The highest BCUT2D eigenvalue weighted by Gasteiger charge is 2.18. The van der Waals surface area contributed by atoms with Crippen molar-refractivity contribution in [3.05, 3.63) is 77.1 Å².